The first kappa shape index (κ1) is 15.2. The number of nitrogens with one attached hydrogen (secondary N) is 1. The van der Waals surface area contributed by atoms with Crippen LogP contribution in [0, 0.1) is 11.8 Å². The fraction of sp³-hybridized carbons (Fsp3) is 0.647. The fourth-order valence-corrected chi connectivity index (χ4v) is 2.96. The van der Waals surface area contributed by atoms with Crippen molar-refractivity contribution in [3.05, 3.63) is 24.3 Å². The highest BCUT2D eigenvalue weighted by molar-refractivity contribution is 5.31. The Bertz CT molecular complexity index is 390. The second-order valence-corrected chi connectivity index (χ2v) is 5.85. The Morgan fingerprint density at radius 3 is 2.50 bits per heavy atom. The van der Waals surface area contributed by atoms with Gasteiger partial charge in [0.15, 0.2) is 0 Å². The lowest BCUT2D eigenvalue weighted by molar-refractivity contribution is 0.197. The minimum atomic E-state index is 0.651. The van der Waals surface area contributed by atoms with Gasteiger partial charge in [-0.3, -0.25) is 0 Å². The van der Waals surface area contributed by atoms with Crippen molar-refractivity contribution < 1.29 is 9.47 Å². The topological polar surface area (TPSA) is 30.5 Å². The monoisotopic (exact) mass is 277 g/mol. The molecule has 0 radical (unpaired) electrons. The number of methoxy groups -OCH3 is 1. The molecule has 0 unspecified atom stereocenters. The molecule has 20 heavy (non-hydrogen) atoms. The van der Waals surface area contributed by atoms with Crippen molar-refractivity contribution in [2.45, 2.75) is 39.2 Å². The van der Waals surface area contributed by atoms with E-state index >= 15 is 0 Å². The Hall–Kier alpha value is -1.22. The molecule has 3 heteroatoms. The molecule has 1 aromatic carbocycles. The number of hydrogen-bond donors (Lipinski definition) is 1. The van der Waals surface area contributed by atoms with Crippen LogP contribution < -0.4 is 14.8 Å². The third-order valence-corrected chi connectivity index (χ3v) is 4.54. The first-order valence-corrected chi connectivity index (χ1v) is 7.71. The van der Waals surface area contributed by atoms with Crippen molar-refractivity contribution in [2.75, 3.05) is 20.3 Å². The van der Waals surface area contributed by atoms with Crippen LogP contribution >= 0.6 is 0 Å². The third kappa shape index (κ3) is 4.14. The van der Waals surface area contributed by atoms with Crippen molar-refractivity contribution >= 4 is 0 Å². The first-order valence-electron chi connectivity index (χ1n) is 7.71. The lowest BCUT2D eigenvalue weighted by atomic mass is 9.78. The molecule has 0 heterocycles. The maximum atomic E-state index is 5.74. The molecule has 1 aliphatic carbocycles. The Kier molecular flexibility index (Phi) is 5.72. The summed E-state index contributed by atoms with van der Waals surface area (Å²) in [5.74, 6) is 3.37. The first-order chi connectivity index (χ1) is 9.70. The van der Waals surface area contributed by atoms with Crippen LogP contribution in [0.2, 0.25) is 0 Å². The average molecular weight is 277 g/mol. The highest BCUT2D eigenvalue weighted by Gasteiger charge is 2.26. The standard InChI is InChI=1S/C17H27NO2/c1-13-5-4-6-17(14(13)2)18-11-12-20-16-9-7-15(19-3)8-10-16/h7-10,13-14,17-18H,4-6,11-12H2,1-3H3/t13-,14+,17+/m1/s1. The van der Waals surface area contributed by atoms with E-state index < -0.39 is 0 Å². The van der Waals surface area contributed by atoms with E-state index in [0.717, 1.165) is 29.9 Å². The quantitative estimate of drug-likeness (QED) is 0.807. The van der Waals surface area contributed by atoms with Crippen molar-refractivity contribution in [3.8, 4) is 11.5 Å². The normalized spacial score (nSPS) is 26.2. The van der Waals surface area contributed by atoms with Gasteiger partial charge in [-0.05, 0) is 42.5 Å². The Labute approximate surface area is 122 Å². The molecular weight excluding hydrogens is 250 g/mol. The van der Waals surface area contributed by atoms with E-state index in [1.807, 2.05) is 24.3 Å². The largest absolute Gasteiger partial charge is 0.497 e. The molecule has 2 rings (SSSR count). The zero-order chi connectivity index (χ0) is 14.4. The number of ether oxygens (including phenoxy) is 2. The van der Waals surface area contributed by atoms with Crippen LogP contribution in [-0.2, 0) is 0 Å². The molecule has 1 aliphatic rings. The summed E-state index contributed by atoms with van der Waals surface area (Å²) in [6.45, 7) is 6.36. The van der Waals surface area contributed by atoms with Crippen molar-refractivity contribution in [1.82, 2.24) is 5.32 Å². The van der Waals surface area contributed by atoms with Gasteiger partial charge >= 0.3 is 0 Å². The smallest absolute Gasteiger partial charge is 0.119 e. The SMILES string of the molecule is COc1ccc(OCCN[C@H]2CCC[C@@H](C)[C@@H]2C)cc1. The summed E-state index contributed by atoms with van der Waals surface area (Å²) in [5.41, 5.74) is 0. The van der Waals surface area contributed by atoms with Crippen LogP contribution in [0.4, 0.5) is 0 Å². The molecule has 0 amide bonds. The number of rotatable bonds is 6. The Morgan fingerprint density at radius 2 is 1.80 bits per heavy atom. The van der Waals surface area contributed by atoms with Crippen LogP contribution in [0.5, 0.6) is 11.5 Å². The van der Waals surface area contributed by atoms with Crippen LogP contribution in [0.25, 0.3) is 0 Å². The van der Waals surface area contributed by atoms with E-state index in [1.165, 1.54) is 19.3 Å². The summed E-state index contributed by atoms with van der Waals surface area (Å²) < 4.78 is 10.9. The lowest BCUT2D eigenvalue weighted by Gasteiger charge is -2.34. The van der Waals surface area contributed by atoms with Gasteiger partial charge in [0.2, 0.25) is 0 Å². The third-order valence-electron chi connectivity index (χ3n) is 4.54. The molecule has 0 spiro atoms. The highest BCUT2D eigenvalue weighted by Crippen LogP contribution is 2.29. The van der Waals surface area contributed by atoms with Crippen molar-refractivity contribution in [1.29, 1.82) is 0 Å². The summed E-state index contributed by atoms with van der Waals surface area (Å²) in [5, 5.41) is 3.64. The Balaban J connectivity index is 1.68. The van der Waals surface area contributed by atoms with Gasteiger partial charge in [0.05, 0.1) is 7.11 Å². The fourth-order valence-electron chi connectivity index (χ4n) is 2.96. The number of hydrogen-bond acceptors (Lipinski definition) is 3. The lowest BCUT2D eigenvalue weighted by Crippen LogP contribution is -2.42. The molecule has 1 saturated carbocycles. The van der Waals surface area contributed by atoms with Crippen LogP contribution in [0.1, 0.15) is 33.1 Å². The Morgan fingerprint density at radius 1 is 1.10 bits per heavy atom. The summed E-state index contributed by atoms with van der Waals surface area (Å²) >= 11 is 0. The van der Waals surface area contributed by atoms with E-state index in [0.29, 0.717) is 12.6 Å². The van der Waals surface area contributed by atoms with E-state index in [1.54, 1.807) is 7.11 Å². The summed E-state index contributed by atoms with van der Waals surface area (Å²) in [7, 11) is 1.67. The number of benzene rings is 1. The molecule has 112 valence electrons. The zero-order valence-corrected chi connectivity index (χ0v) is 12.9. The predicted molar refractivity (Wildman–Crippen MR) is 82.5 cm³/mol. The van der Waals surface area contributed by atoms with Crippen LogP contribution in [0.3, 0.4) is 0 Å². The van der Waals surface area contributed by atoms with E-state index in [-0.39, 0.29) is 0 Å². The van der Waals surface area contributed by atoms with Gasteiger partial charge in [0.1, 0.15) is 18.1 Å². The second kappa shape index (κ2) is 7.53. The minimum Gasteiger partial charge on any atom is -0.497 e. The van der Waals surface area contributed by atoms with Gasteiger partial charge in [-0.2, -0.15) is 0 Å². The molecule has 3 nitrogen and oxygen atoms in total. The minimum absolute atomic E-state index is 0.651. The van der Waals surface area contributed by atoms with Gasteiger partial charge in [0.25, 0.3) is 0 Å². The van der Waals surface area contributed by atoms with Crippen LogP contribution in [0.15, 0.2) is 24.3 Å². The summed E-state index contributed by atoms with van der Waals surface area (Å²) in [6.07, 6.45) is 4.03. The predicted octanol–water partition coefficient (Wildman–Crippen LogP) is 3.49. The molecule has 3 atom stereocenters. The second-order valence-electron chi connectivity index (χ2n) is 5.85. The molecule has 0 bridgehead atoms. The molecule has 1 aromatic rings. The van der Waals surface area contributed by atoms with Gasteiger partial charge in [0, 0.05) is 12.6 Å². The maximum Gasteiger partial charge on any atom is 0.119 e. The molecular formula is C17H27NO2. The van der Waals surface area contributed by atoms with E-state index in [4.69, 9.17) is 9.47 Å². The highest BCUT2D eigenvalue weighted by atomic mass is 16.5. The van der Waals surface area contributed by atoms with Gasteiger partial charge in [-0.15, -0.1) is 0 Å². The van der Waals surface area contributed by atoms with Crippen LogP contribution in [-0.4, -0.2) is 26.3 Å². The average Bonchev–Trinajstić information content (AvgIpc) is 2.48. The van der Waals surface area contributed by atoms with E-state index in [2.05, 4.69) is 19.2 Å². The summed E-state index contributed by atoms with van der Waals surface area (Å²) in [4.78, 5) is 0. The van der Waals surface area contributed by atoms with Gasteiger partial charge in [-0.1, -0.05) is 26.7 Å². The van der Waals surface area contributed by atoms with Crippen molar-refractivity contribution in [3.63, 3.8) is 0 Å². The van der Waals surface area contributed by atoms with Gasteiger partial charge in [-0.25, -0.2) is 0 Å². The van der Waals surface area contributed by atoms with E-state index in [9.17, 15) is 0 Å². The summed E-state index contributed by atoms with van der Waals surface area (Å²) in [6, 6.07) is 8.40. The molecule has 1 fully saturated rings. The molecule has 1 N–H and O–H groups in total. The molecule has 0 aromatic heterocycles. The molecule has 0 aliphatic heterocycles. The zero-order valence-electron chi connectivity index (χ0n) is 12.9. The van der Waals surface area contributed by atoms with Gasteiger partial charge < -0.3 is 14.8 Å². The van der Waals surface area contributed by atoms with Crippen molar-refractivity contribution in [2.24, 2.45) is 11.8 Å². The molecule has 0 saturated heterocycles. The maximum absolute atomic E-state index is 5.74.